The van der Waals surface area contributed by atoms with Gasteiger partial charge in [0.1, 0.15) is 10.7 Å². The fourth-order valence-electron chi connectivity index (χ4n) is 1.17. The molecule has 0 spiro atoms. The summed E-state index contributed by atoms with van der Waals surface area (Å²) in [6.45, 7) is 3.12. The molecular formula is C11H13ClN2O3. The highest BCUT2D eigenvalue weighted by Gasteiger charge is 2.33. The quantitative estimate of drug-likeness (QED) is 0.804. The number of carboxylic acid groups (broad SMARTS) is 1. The van der Waals surface area contributed by atoms with Gasteiger partial charge >= 0.3 is 5.97 Å². The molecule has 17 heavy (non-hydrogen) atoms. The lowest BCUT2D eigenvalue weighted by molar-refractivity contribution is -0.143. The fourth-order valence-corrected chi connectivity index (χ4v) is 1.37. The van der Waals surface area contributed by atoms with Gasteiger partial charge in [-0.2, -0.15) is 0 Å². The summed E-state index contributed by atoms with van der Waals surface area (Å²) < 4.78 is 0. The Kier molecular flexibility index (Phi) is 4.07. The fraction of sp³-hybridized carbons (Fsp3) is 0.364. The molecule has 1 unspecified atom stereocenters. The van der Waals surface area contributed by atoms with Crippen LogP contribution in [0.4, 0.5) is 0 Å². The Morgan fingerprint density at radius 3 is 2.71 bits per heavy atom. The summed E-state index contributed by atoms with van der Waals surface area (Å²) in [5.41, 5.74) is -1.15. The maximum absolute atomic E-state index is 11.8. The number of carbonyl (C=O) groups is 2. The third kappa shape index (κ3) is 2.94. The van der Waals surface area contributed by atoms with Crippen LogP contribution in [0, 0.1) is 0 Å². The van der Waals surface area contributed by atoms with Crippen molar-refractivity contribution in [3.8, 4) is 0 Å². The van der Waals surface area contributed by atoms with Gasteiger partial charge < -0.3 is 10.4 Å². The monoisotopic (exact) mass is 256 g/mol. The Bertz CT molecular complexity index is 450. The van der Waals surface area contributed by atoms with Crippen molar-refractivity contribution in [2.45, 2.75) is 25.8 Å². The lowest BCUT2D eigenvalue weighted by Gasteiger charge is -2.24. The standard InChI is InChI=1S/C11H13ClN2O3/c1-3-11(2,10(16)17)14-9(15)7-5-4-6-13-8(7)12/h4-6H,3H2,1-2H3,(H,14,15)(H,16,17). The van der Waals surface area contributed by atoms with Crippen LogP contribution >= 0.6 is 11.6 Å². The van der Waals surface area contributed by atoms with E-state index in [4.69, 9.17) is 16.7 Å². The molecule has 0 aromatic carbocycles. The van der Waals surface area contributed by atoms with Gasteiger partial charge in [-0.3, -0.25) is 4.79 Å². The molecular weight excluding hydrogens is 244 g/mol. The smallest absolute Gasteiger partial charge is 0.329 e. The van der Waals surface area contributed by atoms with Gasteiger partial charge in [0.05, 0.1) is 5.56 Å². The third-order valence-corrected chi connectivity index (χ3v) is 2.87. The van der Waals surface area contributed by atoms with E-state index in [0.717, 1.165) is 0 Å². The number of rotatable bonds is 4. The molecule has 1 heterocycles. The summed E-state index contributed by atoms with van der Waals surface area (Å²) in [5, 5.41) is 11.5. The van der Waals surface area contributed by atoms with Crippen LogP contribution in [0.2, 0.25) is 5.15 Å². The van der Waals surface area contributed by atoms with Crippen LogP contribution in [0.1, 0.15) is 30.6 Å². The Balaban J connectivity index is 2.93. The number of nitrogens with zero attached hydrogens (tertiary/aromatic N) is 1. The molecule has 0 saturated heterocycles. The first-order valence-electron chi connectivity index (χ1n) is 5.07. The third-order valence-electron chi connectivity index (χ3n) is 2.57. The first kappa shape index (κ1) is 13.4. The highest BCUT2D eigenvalue weighted by atomic mass is 35.5. The molecule has 0 aliphatic carbocycles. The molecule has 92 valence electrons. The maximum atomic E-state index is 11.8. The summed E-state index contributed by atoms with van der Waals surface area (Å²) in [5.74, 6) is -1.64. The number of hydrogen-bond acceptors (Lipinski definition) is 3. The van der Waals surface area contributed by atoms with Crippen LogP contribution in [0.5, 0.6) is 0 Å². The Labute approximate surface area is 104 Å². The van der Waals surface area contributed by atoms with E-state index in [0.29, 0.717) is 0 Å². The van der Waals surface area contributed by atoms with Crippen LogP contribution in [0.15, 0.2) is 18.3 Å². The van der Waals surface area contributed by atoms with Crippen molar-refractivity contribution in [2.75, 3.05) is 0 Å². The van der Waals surface area contributed by atoms with Gasteiger partial charge in [0, 0.05) is 6.20 Å². The average molecular weight is 257 g/mol. The second-order valence-electron chi connectivity index (χ2n) is 3.79. The van der Waals surface area contributed by atoms with Crippen LogP contribution < -0.4 is 5.32 Å². The van der Waals surface area contributed by atoms with E-state index in [1.165, 1.54) is 19.2 Å². The van der Waals surface area contributed by atoms with Crippen molar-refractivity contribution in [1.29, 1.82) is 0 Å². The minimum Gasteiger partial charge on any atom is -0.480 e. The number of hydrogen-bond donors (Lipinski definition) is 2. The number of amides is 1. The number of carboxylic acids is 1. The van der Waals surface area contributed by atoms with Crippen molar-refractivity contribution < 1.29 is 14.7 Å². The van der Waals surface area contributed by atoms with Gasteiger partial charge in [0.25, 0.3) is 5.91 Å². The van der Waals surface area contributed by atoms with Crippen LogP contribution in [-0.2, 0) is 4.79 Å². The van der Waals surface area contributed by atoms with Crippen molar-refractivity contribution in [2.24, 2.45) is 0 Å². The molecule has 1 amide bonds. The largest absolute Gasteiger partial charge is 0.480 e. The van der Waals surface area contributed by atoms with Gasteiger partial charge in [0.15, 0.2) is 0 Å². The van der Waals surface area contributed by atoms with Gasteiger partial charge in [-0.05, 0) is 25.5 Å². The summed E-state index contributed by atoms with van der Waals surface area (Å²) in [7, 11) is 0. The lowest BCUT2D eigenvalue weighted by Crippen LogP contribution is -2.51. The highest BCUT2D eigenvalue weighted by Crippen LogP contribution is 2.15. The van der Waals surface area contributed by atoms with Gasteiger partial charge in [-0.15, -0.1) is 0 Å². The number of nitrogens with one attached hydrogen (secondary N) is 1. The summed E-state index contributed by atoms with van der Waals surface area (Å²) in [6, 6.07) is 3.05. The SMILES string of the molecule is CCC(C)(NC(=O)c1cccnc1Cl)C(=O)O. The molecule has 0 aliphatic heterocycles. The highest BCUT2D eigenvalue weighted by molar-refractivity contribution is 6.32. The average Bonchev–Trinajstić information content (AvgIpc) is 2.29. The second-order valence-corrected chi connectivity index (χ2v) is 4.14. The van der Waals surface area contributed by atoms with Crippen molar-refractivity contribution in [1.82, 2.24) is 10.3 Å². The van der Waals surface area contributed by atoms with Gasteiger partial charge in [-0.1, -0.05) is 18.5 Å². The van der Waals surface area contributed by atoms with Crippen LogP contribution in [-0.4, -0.2) is 27.5 Å². The normalized spacial score (nSPS) is 13.8. The molecule has 6 heteroatoms. The summed E-state index contributed by atoms with van der Waals surface area (Å²) in [6.07, 6.45) is 1.72. The number of carbonyl (C=O) groups excluding carboxylic acids is 1. The molecule has 0 bridgehead atoms. The van der Waals surface area contributed by atoms with E-state index in [2.05, 4.69) is 10.3 Å². The Morgan fingerprint density at radius 2 is 2.24 bits per heavy atom. The summed E-state index contributed by atoms with van der Waals surface area (Å²) in [4.78, 5) is 26.6. The predicted molar refractivity (Wildman–Crippen MR) is 63.0 cm³/mol. The van der Waals surface area contributed by atoms with E-state index in [-0.39, 0.29) is 17.1 Å². The Morgan fingerprint density at radius 1 is 1.59 bits per heavy atom. The number of aromatic nitrogens is 1. The van der Waals surface area contributed by atoms with Crippen molar-refractivity contribution in [3.63, 3.8) is 0 Å². The van der Waals surface area contributed by atoms with E-state index < -0.39 is 17.4 Å². The van der Waals surface area contributed by atoms with E-state index >= 15 is 0 Å². The molecule has 0 saturated carbocycles. The molecule has 0 aliphatic rings. The molecule has 0 fully saturated rings. The number of aliphatic carboxylic acids is 1. The molecule has 1 aromatic heterocycles. The molecule has 1 aromatic rings. The van der Waals surface area contributed by atoms with Crippen LogP contribution in [0.25, 0.3) is 0 Å². The molecule has 1 atom stereocenters. The molecule has 0 radical (unpaired) electrons. The first-order valence-corrected chi connectivity index (χ1v) is 5.45. The lowest BCUT2D eigenvalue weighted by atomic mass is 9.99. The van der Waals surface area contributed by atoms with E-state index in [1.807, 2.05) is 0 Å². The maximum Gasteiger partial charge on any atom is 0.329 e. The van der Waals surface area contributed by atoms with Crippen molar-refractivity contribution in [3.05, 3.63) is 29.0 Å². The topological polar surface area (TPSA) is 79.3 Å². The number of halogens is 1. The van der Waals surface area contributed by atoms with Gasteiger partial charge in [-0.25, -0.2) is 9.78 Å². The van der Waals surface area contributed by atoms with E-state index in [1.54, 1.807) is 13.0 Å². The Hall–Kier alpha value is -1.62. The number of pyridine rings is 1. The van der Waals surface area contributed by atoms with Gasteiger partial charge in [0.2, 0.25) is 0 Å². The second kappa shape index (κ2) is 5.14. The zero-order valence-corrected chi connectivity index (χ0v) is 10.3. The summed E-state index contributed by atoms with van der Waals surface area (Å²) >= 11 is 5.75. The van der Waals surface area contributed by atoms with E-state index in [9.17, 15) is 9.59 Å². The van der Waals surface area contributed by atoms with Crippen LogP contribution in [0.3, 0.4) is 0 Å². The molecule has 1 rings (SSSR count). The zero-order valence-electron chi connectivity index (χ0n) is 9.53. The zero-order chi connectivity index (χ0) is 13.1. The first-order chi connectivity index (χ1) is 7.90. The minimum atomic E-state index is -1.31. The molecule has 2 N–H and O–H groups in total. The van der Waals surface area contributed by atoms with Crippen molar-refractivity contribution >= 4 is 23.5 Å². The predicted octanol–water partition coefficient (Wildman–Crippen LogP) is 1.72. The molecule has 5 nitrogen and oxygen atoms in total. The minimum absolute atomic E-state index is 0.0499.